The van der Waals surface area contributed by atoms with Crippen molar-refractivity contribution in [2.75, 3.05) is 106 Å². The van der Waals surface area contributed by atoms with Gasteiger partial charge < -0.3 is 81.6 Å². The fourth-order valence-corrected chi connectivity index (χ4v) is 11.4. The summed E-state index contributed by atoms with van der Waals surface area (Å²) in [6.45, 7) is 13.2. The molecule has 4 fully saturated rings. The molecule has 3 N–H and O–H groups in total. The van der Waals surface area contributed by atoms with Gasteiger partial charge in [0.2, 0.25) is 0 Å². The van der Waals surface area contributed by atoms with E-state index in [0.717, 1.165) is 67.5 Å². The fourth-order valence-electron chi connectivity index (χ4n) is 11.4. The second-order valence-corrected chi connectivity index (χ2v) is 24.4. The van der Waals surface area contributed by atoms with Crippen molar-refractivity contribution in [1.29, 1.82) is 0 Å². The largest absolute Gasteiger partial charge is 0.491 e. The third-order valence-corrected chi connectivity index (χ3v) is 16.8. The molecule has 8 aromatic rings. The number of hydrogen-bond acceptors (Lipinski definition) is 17. The molecule has 96 heavy (non-hydrogen) atoms. The molecule has 17 nitrogen and oxygen atoms in total. The van der Waals surface area contributed by atoms with E-state index in [-0.39, 0.29) is 87.7 Å². The van der Waals surface area contributed by atoms with Gasteiger partial charge in [-0.05, 0) is 142 Å². The smallest absolute Gasteiger partial charge is 0.122 e. The van der Waals surface area contributed by atoms with Crippen molar-refractivity contribution in [2.45, 2.75) is 66.4 Å². The monoisotopic (exact) mass is 1300 g/mol. The van der Waals surface area contributed by atoms with E-state index in [1.807, 2.05) is 97.1 Å². The number of aliphatic hydroxyl groups is 3. The summed E-state index contributed by atoms with van der Waals surface area (Å²) in [6, 6.07) is 65.1. The molecule has 0 radical (unpaired) electrons. The molecule has 12 rings (SSSR count). The van der Waals surface area contributed by atoms with E-state index in [0.29, 0.717) is 89.1 Å². The number of epoxide rings is 4. The van der Waals surface area contributed by atoms with Gasteiger partial charge in [0.05, 0.1) is 52.9 Å². The summed E-state index contributed by atoms with van der Waals surface area (Å²) >= 11 is 0. The van der Waals surface area contributed by atoms with Crippen LogP contribution in [-0.4, -0.2) is 164 Å². The third kappa shape index (κ3) is 20.2. The quantitative estimate of drug-likeness (QED) is 0.0185. The zero-order valence-electron chi connectivity index (χ0n) is 53.8. The molecule has 0 spiro atoms. The molecule has 4 heterocycles. The topological polar surface area (TPSA) is 203 Å². The van der Waals surface area contributed by atoms with E-state index in [9.17, 15) is 15.3 Å². The van der Waals surface area contributed by atoms with Crippen LogP contribution in [-0.2, 0) is 28.4 Å². The van der Waals surface area contributed by atoms with E-state index in [2.05, 4.69) is 110 Å². The van der Waals surface area contributed by atoms with Gasteiger partial charge in [0, 0.05) is 23.7 Å². The van der Waals surface area contributed by atoms with Crippen LogP contribution in [0.15, 0.2) is 219 Å². The lowest BCUT2D eigenvalue weighted by Crippen LogP contribution is -2.25. The minimum atomic E-state index is -0.966. The fraction of sp³-hybridized carbons (Fsp3) is 0.342. The lowest BCUT2D eigenvalue weighted by molar-refractivity contribution is 0.0214. The third-order valence-electron chi connectivity index (χ3n) is 16.8. The molecule has 4 saturated heterocycles. The molecule has 17 heteroatoms. The Hall–Kier alpha value is -8.72. The van der Waals surface area contributed by atoms with Crippen LogP contribution in [0.4, 0.5) is 0 Å². The number of benzene rings is 8. The molecule has 4 aliphatic rings. The van der Waals surface area contributed by atoms with Crippen molar-refractivity contribution in [3.8, 4) is 46.0 Å². The van der Waals surface area contributed by atoms with Crippen LogP contribution in [0.2, 0.25) is 0 Å². The van der Waals surface area contributed by atoms with Crippen LogP contribution in [0.25, 0.3) is 0 Å². The maximum Gasteiger partial charge on any atom is 0.122 e. The summed E-state index contributed by atoms with van der Waals surface area (Å²) < 4.78 is 81.5. The lowest BCUT2D eigenvalue weighted by Gasteiger charge is -2.30. The lowest BCUT2D eigenvalue weighted by atomic mass is 9.73. The predicted molar refractivity (Wildman–Crippen MR) is 362 cm³/mol. The van der Waals surface area contributed by atoms with E-state index < -0.39 is 18.3 Å². The van der Waals surface area contributed by atoms with Gasteiger partial charge in [-0.25, -0.2) is 0 Å². The Morgan fingerprint density at radius 1 is 0.281 bits per heavy atom. The molecule has 502 valence electrons. The van der Waals surface area contributed by atoms with Crippen LogP contribution >= 0.6 is 0 Å². The Kier molecular flexibility index (Phi) is 23.7. The van der Waals surface area contributed by atoms with Gasteiger partial charge in [-0.3, -0.25) is 0 Å². The Labute approximate surface area is 561 Å². The average Bonchev–Trinajstić information content (AvgIpc) is 1.80. The number of rotatable bonds is 42. The highest BCUT2D eigenvalue weighted by atomic mass is 16.6. The Bertz CT molecular complexity index is 3390. The zero-order valence-corrected chi connectivity index (χ0v) is 53.8. The number of aliphatic hydroxyl groups excluding tert-OH is 3. The molecular formula is C79H84O17. The van der Waals surface area contributed by atoms with Gasteiger partial charge in [0.15, 0.2) is 0 Å². The van der Waals surface area contributed by atoms with E-state index in [1.165, 1.54) is 0 Å². The van der Waals surface area contributed by atoms with Gasteiger partial charge in [-0.2, -0.15) is 0 Å². The van der Waals surface area contributed by atoms with Crippen LogP contribution in [0, 0.1) is 0 Å². The molecule has 0 amide bonds. The number of ether oxygens (including phenoxy) is 14. The van der Waals surface area contributed by atoms with Gasteiger partial charge in [0.1, 0.15) is 142 Å². The first-order valence-electron chi connectivity index (χ1n) is 32.9. The first-order valence-corrected chi connectivity index (χ1v) is 32.9. The molecular weight excluding hydrogens is 1220 g/mol. The normalized spacial score (nSPS) is 18.8. The van der Waals surface area contributed by atoms with Crippen molar-refractivity contribution in [2.24, 2.45) is 0 Å². The van der Waals surface area contributed by atoms with Crippen molar-refractivity contribution in [3.63, 3.8) is 0 Å². The standard InChI is InChI=1S/C79H84O17/c1-3-37-83-39-61(80)41-85-64-21-5-53(6-22-64)76(57-13-29-68(30-14-57)89-45-72-49-93-72)78(59-17-33-70(34-18-59)91-47-74-51-95-74)55-9-25-66(26-10-55)87-43-63(82)44-88-67-27-11-56(12-28-67)79(60-19-35-71(36-20-60)92-48-75-52-96-75)77(58-15-31-69(32-16-58)90-46-73-50-94-73)54-7-23-65(24-8-54)86-42-62(81)40-84-38-4-2/h3-36,61-63,72-82H,1-2,37-52H2. The van der Waals surface area contributed by atoms with E-state index in [1.54, 1.807) is 12.2 Å². The SMILES string of the molecule is C=CCOCC(O)COc1ccc(C(c2ccc(OCC3CO3)cc2)C(c2ccc(OCC(O)COc3ccc(C(c4ccc(OCC5CO5)cc4)C(c4ccc(OCC(O)COCC=C)cc4)c4ccc(OCC5CO5)cc4)cc3)cc2)c2ccc(OCC3CO3)cc2)cc1. The van der Waals surface area contributed by atoms with E-state index >= 15 is 0 Å². The zero-order chi connectivity index (χ0) is 65.8. The first kappa shape index (κ1) is 67.3. The summed E-state index contributed by atoms with van der Waals surface area (Å²) in [6.07, 6.45) is 1.19. The van der Waals surface area contributed by atoms with Crippen LogP contribution in [0.1, 0.15) is 68.2 Å². The minimum absolute atomic E-state index is 0.0185. The number of hydrogen-bond donors (Lipinski definition) is 3. The van der Waals surface area contributed by atoms with Gasteiger partial charge in [-0.15, -0.1) is 13.2 Å². The minimum Gasteiger partial charge on any atom is -0.491 e. The predicted octanol–water partition coefficient (Wildman–Crippen LogP) is 11.4. The first-order chi connectivity index (χ1) is 47.2. The van der Waals surface area contributed by atoms with Crippen molar-refractivity contribution >= 4 is 0 Å². The highest BCUT2D eigenvalue weighted by molar-refractivity contribution is 5.51. The van der Waals surface area contributed by atoms with Crippen LogP contribution in [0.3, 0.4) is 0 Å². The summed E-state index contributed by atoms with van der Waals surface area (Å²) in [5, 5.41) is 32.5. The second kappa shape index (κ2) is 33.8. The maximum absolute atomic E-state index is 11.4. The molecule has 10 atom stereocenters. The highest BCUT2D eigenvalue weighted by Gasteiger charge is 2.33. The Morgan fingerprint density at radius 2 is 0.448 bits per heavy atom. The summed E-state index contributed by atoms with van der Waals surface area (Å²) in [4.78, 5) is 0. The van der Waals surface area contributed by atoms with E-state index in [4.69, 9.17) is 66.3 Å². The summed E-state index contributed by atoms with van der Waals surface area (Å²) in [5.41, 5.74) is 8.35. The Morgan fingerprint density at radius 3 is 0.615 bits per heavy atom. The highest BCUT2D eigenvalue weighted by Crippen LogP contribution is 2.47. The molecule has 0 aliphatic carbocycles. The molecule has 8 aromatic carbocycles. The average molecular weight is 1310 g/mol. The van der Waals surface area contributed by atoms with Gasteiger partial charge in [-0.1, -0.05) is 109 Å². The molecule has 0 saturated carbocycles. The van der Waals surface area contributed by atoms with Crippen LogP contribution < -0.4 is 37.9 Å². The van der Waals surface area contributed by atoms with Crippen molar-refractivity contribution in [3.05, 3.63) is 264 Å². The summed E-state index contributed by atoms with van der Waals surface area (Å²) in [7, 11) is 0. The van der Waals surface area contributed by atoms with Gasteiger partial charge >= 0.3 is 0 Å². The second-order valence-electron chi connectivity index (χ2n) is 24.4. The van der Waals surface area contributed by atoms with Gasteiger partial charge in [0.25, 0.3) is 0 Å². The summed E-state index contributed by atoms with van der Waals surface area (Å²) in [5.74, 6) is 4.58. The molecule has 0 bridgehead atoms. The Balaban J connectivity index is 0.754. The molecule has 4 aliphatic heterocycles. The molecule has 0 aromatic heterocycles. The van der Waals surface area contributed by atoms with Crippen molar-refractivity contribution < 1.29 is 81.6 Å². The molecule has 10 unspecified atom stereocenters. The maximum atomic E-state index is 11.4. The van der Waals surface area contributed by atoms with Crippen LogP contribution in [0.5, 0.6) is 46.0 Å². The van der Waals surface area contributed by atoms with Crippen molar-refractivity contribution in [1.82, 2.24) is 0 Å².